The van der Waals surface area contributed by atoms with Gasteiger partial charge in [-0.2, -0.15) is 0 Å². The van der Waals surface area contributed by atoms with Crippen LogP contribution in [-0.4, -0.2) is 61.9 Å². The molecule has 7 nitrogen and oxygen atoms in total. The van der Waals surface area contributed by atoms with Crippen LogP contribution in [0.15, 0.2) is 29.3 Å². The average Bonchev–Trinajstić information content (AvgIpc) is 3.11. The molecule has 0 bridgehead atoms. The lowest BCUT2D eigenvalue weighted by Gasteiger charge is -2.20. The minimum Gasteiger partial charge on any atom is -0.355 e. The van der Waals surface area contributed by atoms with Gasteiger partial charge in [-0.15, -0.1) is 24.0 Å². The van der Waals surface area contributed by atoms with Gasteiger partial charge in [0.15, 0.2) is 5.96 Å². The van der Waals surface area contributed by atoms with Crippen molar-refractivity contribution in [3.63, 3.8) is 0 Å². The predicted molar refractivity (Wildman–Crippen MR) is 123 cm³/mol. The molecule has 0 aromatic heterocycles. The van der Waals surface area contributed by atoms with Gasteiger partial charge in [0.05, 0.1) is 0 Å². The standard InChI is InChI=1S/C20H31N5O2.HI/c1-14(2)19(27)25-11-8-17(13-25)24-20(21-4)23-10-9-22-18(26)16-7-5-6-15(3)12-16;/h5-7,12,14,17H,8-11,13H2,1-4H3,(H,22,26)(H2,21,23,24);1H. The molecule has 1 aromatic rings. The van der Waals surface area contributed by atoms with Gasteiger partial charge < -0.3 is 20.9 Å². The van der Waals surface area contributed by atoms with Gasteiger partial charge in [-0.05, 0) is 25.5 Å². The molecule has 1 unspecified atom stereocenters. The molecule has 28 heavy (non-hydrogen) atoms. The highest BCUT2D eigenvalue weighted by molar-refractivity contribution is 14.0. The number of nitrogens with zero attached hydrogens (tertiary/aromatic N) is 2. The fraction of sp³-hybridized carbons (Fsp3) is 0.550. The Morgan fingerprint density at radius 1 is 1.25 bits per heavy atom. The first kappa shape index (κ1) is 24.2. The maximum Gasteiger partial charge on any atom is 0.251 e. The second-order valence-corrected chi connectivity index (χ2v) is 7.19. The van der Waals surface area contributed by atoms with Gasteiger partial charge in [-0.25, -0.2) is 0 Å². The molecule has 156 valence electrons. The Morgan fingerprint density at radius 3 is 2.61 bits per heavy atom. The number of carbonyl (C=O) groups is 2. The Bertz CT molecular complexity index is 693. The molecule has 1 atom stereocenters. The van der Waals surface area contributed by atoms with Gasteiger partial charge in [0.2, 0.25) is 5.91 Å². The number of guanidine groups is 1. The SMILES string of the molecule is CN=C(NCCNC(=O)c1cccc(C)c1)NC1CCN(C(=O)C(C)C)C1.I. The number of hydrogen-bond donors (Lipinski definition) is 3. The Balaban J connectivity index is 0.00000392. The number of amides is 2. The molecule has 0 saturated carbocycles. The number of benzene rings is 1. The van der Waals surface area contributed by atoms with Gasteiger partial charge in [0, 0.05) is 50.7 Å². The van der Waals surface area contributed by atoms with Crippen molar-refractivity contribution in [2.45, 2.75) is 33.2 Å². The van der Waals surface area contributed by atoms with Crippen molar-refractivity contribution in [1.29, 1.82) is 0 Å². The fourth-order valence-corrected chi connectivity index (χ4v) is 3.08. The third kappa shape index (κ3) is 7.29. The van der Waals surface area contributed by atoms with Crippen LogP contribution < -0.4 is 16.0 Å². The maximum atomic E-state index is 12.1. The third-order valence-electron chi connectivity index (χ3n) is 4.54. The van der Waals surface area contributed by atoms with Gasteiger partial charge >= 0.3 is 0 Å². The first-order valence-corrected chi connectivity index (χ1v) is 9.51. The van der Waals surface area contributed by atoms with Crippen LogP contribution in [0.5, 0.6) is 0 Å². The summed E-state index contributed by atoms with van der Waals surface area (Å²) >= 11 is 0. The first-order chi connectivity index (χ1) is 12.9. The average molecular weight is 501 g/mol. The summed E-state index contributed by atoms with van der Waals surface area (Å²) in [7, 11) is 1.71. The molecule has 1 aliphatic rings. The monoisotopic (exact) mass is 501 g/mol. The van der Waals surface area contributed by atoms with Gasteiger partial charge in [0.1, 0.15) is 0 Å². The van der Waals surface area contributed by atoms with Crippen LogP contribution in [0.2, 0.25) is 0 Å². The number of rotatable bonds is 6. The summed E-state index contributed by atoms with van der Waals surface area (Å²) in [6, 6.07) is 7.71. The van der Waals surface area contributed by atoms with E-state index >= 15 is 0 Å². The van der Waals surface area contributed by atoms with Crippen LogP contribution in [0.3, 0.4) is 0 Å². The second-order valence-electron chi connectivity index (χ2n) is 7.19. The molecule has 0 radical (unpaired) electrons. The molecule has 1 fully saturated rings. The van der Waals surface area contributed by atoms with Crippen molar-refractivity contribution in [3.8, 4) is 0 Å². The van der Waals surface area contributed by atoms with Crippen LogP contribution in [0.4, 0.5) is 0 Å². The van der Waals surface area contributed by atoms with Crippen molar-refractivity contribution >= 4 is 41.8 Å². The Labute approximate surface area is 184 Å². The molecule has 1 aliphatic heterocycles. The van der Waals surface area contributed by atoms with E-state index in [4.69, 9.17) is 0 Å². The highest BCUT2D eigenvalue weighted by atomic mass is 127. The fourth-order valence-electron chi connectivity index (χ4n) is 3.08. The van der Waals surface area contributed by atoms with Crippen molar-refractivity contribution < 1.29 is 9.59 Å². The van der Waals surface area contributed by atoms with E-state index < -0.39 is 0 Å². The molecule has 2 amide bonds. The summed E-state index contributed by atoms with van der Waals surface area (Å²) in [5.41, 5.74) is 1.73. The molecular weight excluding hydrogens is 469 g/mol. The zero-order valence-electron chi connectivity index (χ0n) is 17.1. The largest absolute Gasteiger partial charge is 0.355 e. The number of hydrogen-bond acceptors (Lipinski definition) is 3. The summed E-state index contributed by atoms with van der Waals surface area (Å²) in [6.45, 7) is 8.35. The van der Waals surface area contributed by atoms with Crippen molar-refractivity contribution in [2.24, 2.45) is 10.9 Å². The van der Waals surface area contributed by atoms with Crippen LogP contribution in [-0.2, 0) is 4.79 Å². The first-order valence-electron chi connectivity index (χ1n) is 9.51. The van der Waals surface area contributed by atoms with E-state index in [0.717, 1.165) is 18.5 Å². The van der Waals surface area contributed by atoms with Gasteiger partial charge in [0.25, 0.3) is 5.91 Å². The maximum absolute atomic E-state index is 12.1. The van der Waals surface area contributed by atoms with E-state index in [1.54, 1.807) is 13.1 Å². The molecule has 1 aromatic carbocycles. The second kappa shape index (κ2) is 11.9. The van der Waals surface area contributed by atoms with Gasteiger partial charge in [-0.3, -0.25) is 14.6 Å². The molecule has 2 rings (SSSR count). The van der Waals surface area contributed by atoms with Crippen LogP contribution >= 0.6 is 24.0 Å². The topological polar surface area (TPSA) is 85.8 Å². The third-order valence-corrected chi connectivity index (χ3v) is 4.54. The smallest absolute Gasteiger partial charge is 0.251 e. The molecule has 8 heteroatoms. The van der Waals surface area contributed by atoms with E-state index in [9.17, 15) is 9.59 Å². The molecule has 3 N–H and O–H groups in total. The molecular formula is C20H32IN5O2. The minimum atomic E-state index is -0.0814. The molecule has 1 heterocycles. The summed E-state index contributed by atoms with van der Waals surface area (Å²) < 4.78 is 0. The normalized spacial score (nSPS) is 16.5. The lowest BCUT2D eigenvalue weighted by Crippen LogP contribution is -2.47. The number of carbonyl (C=O) groups excluding carboxylic acids is 2. The Hall–Kier alpha value is -1.84. The van der Waals surface area contributed by atoms with E-state index in [1.807, 2.05) is 43.9 Å². The van der Waals surface area contributed by atoms with E-state index in [-0.39, 0.29) is 47.8 Å². The lowest BCUT2D eigenvalue weighted by molar-refractivity contribution is -0.133. The van der Waals surface area contributed by atoms with E-state index in [1.165, 1.54) is 0 Å². The van der Waals surface area contributed by atoms with Gasteiger partial charge in [-0.1, -0.05) is 31.5 Å². The zero-order valence-corrected chi connectivity index (χ0v) is 19.4. The zero-order chi connectivity index (χ0) is 19.8. The van der Waals surface area contributed by atoms with E-state index in [2.05, 4.69) is 20.9 Å². The molecule has 1 saturated heterocycles. The van der Waals surface area contributed by atoms with Crippen molar-refractivity contribution in [2.75, 3.05) is 33.2 Å². The Morgan fingerprint density at radius 2 is 1.96 bits per heavy atom. The number of halogens is 1. The summed E-state index contributed by atoms with van der Waals surface area (Å²) in [5, 5.41) is 9.45. The van der Waals surface area contributed by atoms with Crippen LogP contribution in [0.25, 0.3) is 0 Å². The van der Waals surface area contributed by atoms with E-state index in [0.29, 0.717) is 31.2 Å². The van der Waals surface area contributed by atoms with Crippen molar-refractivity contribution in [1.82, 2.24) is 20.9 Å². The number of aliphatic imine (C=N–C) groups is 1. The summed E-state index contributed by atoms with van der Waals surface area (Å²) in [4.78, 5) is 30.3. The van der Waals surface area contributed by atoms with Crippen LogP contribution in [0.1, 0.15) is 36.2 Å². The van der Waals surface area contributed by atoms with Crippen LogP contribution in [0, 0.1) is 12.8 Å². The molecule has 0 aliphatic carbocycles. The number of aryl methyl sites for hydroxylation is 1. The summed E-state index contributed by atoms with van der Waals surface area (Å²) in [6.07, 6.45) is 0.906. The lowest BCUT2D eigenvalue weighted by atomic mass is 10.1. The highest BCUT2D eigenvalue weighted by Gasteiger charge is 2.27. The predicted octanol–water partition coefficient (Wildman–Crippen LogP) is 1.76. The number of nitrogens with one attached hydrogen (secondary N) is 3. The minimum absolute atomic E-state index is 0. The van der Waals surface area contributed by atoms with Crippen molar-refractivity contribution in [3.05, 3.63) is 35.4 Å². The highest BCUT2D eigenvalue weighted by Crippen LogP contribution is 2.12. The summed E-state index contributed by atoms with van der Waals surface area (Å²) in [5.74, 6) is 0.824. The quantitative estimate of drug-likeness (QED) is 0.240. The number of likely N-dealkylation sites (tertiary alicyclic amines) is 1. The Kier molecular flexibility index (Phi) is 10.3. The molecule has 0 spiro atoms.